The van der Waals surface area contributed by atoms with E-state index in [0.717, 1.165) is 0 Å². The SMILES string of the molecule is COc1ccc(NC(=O)c2ccc(N3C(=O)[C@H]4CC=CC[C@H]4C3=O)cc2)c(OC)c1. The number of imide groups is 1. The van der Waals surface area contributed by atoms with Crippen molar-refractivity contribution in [1.82, 2.24) is 0 Å². The lowest BCUT2D eigenvalue weighted by Gasteiger charge is -2.15. The molecule has 154 valence electrons. The van der Waals surface area contributed by atoms with Gasteiger partial charge in [0.05, 0.1) is 37.4 Å². The molecule has 2 aromatic carbocycles. The number of anilines is 2. The maximum atomic E-state index is 12.7. The van der Waals surface area contributed by atoms with Gasteiger partial charge in [0.2, 0.25) is 11.8 Å². The highest BCUT2D eigenvalue weighted by Crippen LogP contribution is 2.37. The van der Waals surface area contributed by atoms with Gasteiger partial charge in [-0.3, -0.25) is 19.3 Å². The molecule has 2 atom stereocenters. The van der Waals surface area contributed by atoms with E-state index < -0.39 is 0 Å². The Balaban J connectivity index is 1.51. The van der Waals surface area contributed by atoms with Gasteiger partial charge in [0.15, 0.2) is 0 Å². The number of nitrogens with zero attached hydrogens (tertiary/aromatic N) is 1. The van der Waals surface area contributed by atoms with Crippen LogP contribution in [-0.2, 0) is 9.59 Å². The Morgan fingerprint density at radius 2 is 1.57 bits per heavy atom. The van der Waals surface area contributed by atoms with E-state index in [2.05, 4.69) is 5.32 Å². The molecule has 0 unspecified atom stereocenters. The number of nitrogens with one attached hydrogen (secondary N) is 1. The van der Waals surface area contributed by atoms with Gasteiger partial charge in [-0.2, -0.15) is 0 Å². The van der Waals surface area contributed by atoms with Crippen molar-refractivity contribution in [3.8, 4) is 11.5 Å². The number of carbonyl (C=O) groups excluding carboxylic acids is 3. The van der Waals surface area contributed by atoms with Gasteiger partial charge in [-0.25, -0.2) is 0 Å². The first-order valence-electron chi connectivity index (χ1n) is 9.69. The molecule has 1 heterocycles. The molecule has 7 heteroatoms. The van der Waals surface area contributed by atoms with Gasteiger partial charge >= 0.3 is 0 Å². The summed E-state index contributed by atoms with van der Waals surface area (Å²) in [7, 11) is 3.06. The second-order valence-corrected chi connectivity index (χ2v) is 7.23. The van der Waals surface area contributed by atoms with E-state index in [1.165, 1.54) is 12.0 Å². The van der Waals surface area contributed by atoms with E-state index in [-0.39, 0.29) is 29.6 Å². The number of amides is 3. The van der Waals surface area contributed by atoms with Gasteiger partial charge in [0, 0.05) is 11.6 Å². The fraction of sp³-hybridized carbons (Fsp3) is 0.261. The highest BCUT2D eigenvalue weighted by atomic mass is 16.5. The number of hydrogen-bond acceptors (Lipinski definition) is 5. The fourth-order valence-corrected chi connectivity index (χ4v) is 3.91. The van der Waals surface area contributed by atoms with E-state index in [9.17, 15) is 14.4 Å². The number of hydrogen-bond donors (Lipinski definition) is 1. The van der Waals surface area contributed by atoms with Crippen LogP contribution in [-0.4, -0.2) is 31.9 Å². The summed E-state index contributed by atoms with van der Waals surface area (Å²) >= 11 is 0. The Morgan fingerprint density at radius 1 is 0.933 bits per heavy atom. The van der Waals surface area contributed by atoms with E-state index in [1.54, 1.807) is 49.6 Å². The van der Waals surface area contributed by atoms with E-state index >= 15 is 0 Å². The lowest BCUT2D eigenvalue weighted by Crippen LogP contribution is -2.30. The van der Waals surface area contributed by atoms with Gasteiger partial charge in [-0.1, -0.05) is 12.2 Å². The summed E-state index contributed by atoms with van der Waals surface area (Å²) in [5.41, 5.74) is 1.39. The van der Waals surface area contributed by atoms with Crippen LogP contribution in [0.1, 0.15) is 23.2 Å². The van der Waals surface area contributed by atoms with Crippen molar-refractivity contribution < 1.29 is 23.9 Å². The second kappa shape index (κ2) is 8.02. The molecule has 1 aliphatic carbocycles. The van der Waals surface area contributed by atoms with E-state index in [0.29, 0.717) is 41.3 Å². The molecule has 0 aromatic heterocycles. The van der Waals surface area contributed by atoms with Crippen LogP contribution in [0.15, 0.2) is 54.6 Å². The van der Waals surface area contributed by atoms with Crippen LogP contribution in [0.3, 0.4) is 0 Å². The largest absolute Gasteiger partial charge is 0.497 e. The molecule has 7 nitrogen and oxygen atoms in total. The molecule has 1 aliphatic heterocycles. The van der Waals surface area contributed by atoms with E-state index in [4.69, 9.17) is 9.47 Å². The summed E-state index contributed by atoms with van der Waals surface area (Å²) < 4.78 is 10.5. The van der Waals surface area contributed by atoms with Crippen molar-refractivity contribution in [3.05, 3.63) is 60.2 Å². The minimum atomic E-state index is -0.332. The Kier molecular flexibility index (Phi) is 5.27. The van der Waals surface area contributed by atoms with Gasteiger partial charge in [0.25, 0.3) is 5.91 Å². The zero-order chi connectivity index (χ0) is 21.3. The molecule has 2 aromatic rings. The first-order valence-corrected chi connectivity index (χ1v) is 9.69. The third-order valence-corrected chi connectivity index (χ3v) is 5.55. The van der Waals surface area contributed by atoms with Crippen LogP contribution >= 0.6 is 0 Å². The van der Waals surface area contributed by atoms with Crippen molar-refractivity contribution in [3.63, 3.8) is 0 Å². The Morgan fingerprint density at radius 3 is 2.13 bits per heavy atom. The molecule has 0 spiro atoms. The fourth-order valence-electron chi connectivity index (χ4n) is 3.91. The number of fused-ring (bicyclic) bond motifs is 1. The Hall–Kier alpha value is -3.61. The molecular weight excluding hydrogens is 384 g/mol. The highest BCUT2D eigenvalue weighted by Gasteiger charge is 2.47. The summed E-state index contributed by atoms with van der Waals surface area (Å²) in [5.74, 6) is -0.152. The highest BCUT2D eigenvalue weighted by molar-refractivity contribution is 6.22. The topological polar surface area (TPSA) is 84.9 Å². The van der Waals surface area contributed by atoms with Gasteiger partial charge in [-0.05, 0) is 49.2 Å². The van der Waals surface area contributed by atoms with Crippen molar-refractivity contribution in [2.24, 2.45) is 11.8 Å². The lowest BCUT2D eigenvalue weighted by molar-refractivity contribution is -0.122. The average Bonchev–Trinajstić information content (AvgIpc) is 3.04. The molecule has 0 radical (unpaired) electrons. The van der Waals surface area contributed by atoms with Crippen molar-refractivity contribution >= 4 is 29.1 Å². The zero-order valence-corrected chi connectivity index (χ0v) is 16.8. The van der Waals surface area contributed by atoms with Crippen LogP contribution in [0.4, 0.5) is 11.4 Å². The van der Waals surface area contributed by atoms with Crippen LogP contribution < -0.4 is 19.7 Å². The molecule has 2 aliphatic rings. The predicted octanol–water partition coefficient (Wildman–Crippen LogP) is 3.41. The maximum absolute atomic E-state index is 12.7. The Labute approximate surface area is 174 Å². The smallest absolute Gasteiger partial charge is 0.255 e. The zero-order valence-electron chi connectivity index (χ0n) is 16.8. The minimum absolute atomic E-state index is 0.172. The number of benzene rings is 2. The van der Waals surface area contributed by atoms with Crippen molar-refractivity contribution in [2.45, 2.75) is 12.8 Å². The van der Waals surface area contributed by atoms with Gasteiger partial charge in [-0.15, -0.1) is 0 Å². The molecule has 1 N–H and O–H groups in total. The van der Waals surface area contributed by atoms with Crippen LogP contribution in [0.5, 0.6) is 11.5 Å². The van der Waals surface area contributed by atoms with E-state index in [1.807, 2.05) is 12.2 Å². The third-order valence-electron chi connectivity index (χ3n) is 5.55. The van der Waals surface area contributed by atoms with Gasteiger partial charge in [0.1, 0.15) is 11.5 Å². The molecular formula is C23H22N2O5. The molecule has 0 saturated carbocycles. The maximum Gasteiger partial charge on any atom is 0.255 e. The standard InChI is InChI=1S/C23H22N2O5/c1-29-16-11-12-19(20(13-16)30-2)24-21(26)14-7-9-15(10-8-14)25-22(27)17-5-3-4-6-18(17)23(25)28/h3-4,7-13,17-18H,5-6H2,1-2H3,(H,24,26)/t17-,18+. The lowest BCUT2D eigenvalue weighted by atomic mass is 9.85. The molecule has 30 heavy (non-hydrogen) atoms. The predicted molar refractivity (Wildman–Crippen MR) is 112 cm³/mol. The summed E-state index contributed by atoms with van der Waals surface area (Å²) in [6.45, 7) is 0. The summed E-state index contributed by atoms with van der Waals surface area (Å²) in [4.78, 5) is 39.3. The van der Waals surface area contributed by atoms with Crippen molar-refractivity contribution in [2.75, 3.05) is 24.4 Å². The normalized spacial score (nSPS) is 20.1. The minimum Gasteiger partial charge on any atom is -0.497 e. The number of rotatable bonds is 5. The molecule has 1 fully saturated rings. The van der Waals surface area contributed by atoms with Crippen LogP contribution in [0.2, 0.25) is 0 Å². The number of methoxy groups -OCH3 is 2. The monoisotopic (exact) mass is 406 g/mol. The molecule has 0 bridgehead atoms. The van der Waals surface area contributed by atoms with Crippen molar-refractivity contribution in [1.29, 1.82) is 0 Å². The quantitative estimate of drug-likeness (QED) is 0.608. The third kappa shape index (κ3) is 3.43. The first-order chi connectivity index (χ1) is 14.5. The number of ether oxygens (including phenoxy) is 2. The number of carbonyl (C=O) groups is 3. The second-order valence-electron chi connectivity index (χ2n) is 7.23. The summed E-state index contributed by atoms with van der Waals surface area (Å²) in [6, 6.07) is 11.5. The first kappa shape index (κ1) is 19.7. The van der Waals surface area contributed by atoms with Crippen LogP contribution in [0.25, 0.3) is 0 Å². The molecule has 3 amide bonds. The summed E-state index contributed by atoms with van der Waals surface area (Å²) in [5, 5.41) is 2.80. The summed E-state index contributed by atoms with van der Waals surface area (Å²) in [6.07, 6.45) is 5.10. The van der Waals surface area contributed by atoms with Crippen LogP contribution in [0, 0.1) is 11.8 Å². The average molecular weight is 406 g/mol. The van der Waals surface area contributed by atoms with Gasteiger partial charge < -0.3 is 14.8 Å². The molecule has 4 rings (SSSR count). The molecule has 1 saturated heterocycles. The number of allylic oxidation sites excluding steroid dienone is 2. The Bertz CT molecular complexity index is 1000.